The van der Waals surface area contributed by atoms with E-state index in [0.717, 1.165) is 12.4 Å². The van der Waals surface area contributed by atoms with Crippen molar-refractivity contribution in [1.82, 2.24) is 4.98 Å². The highest BCUT2D eigenvalue weighted by atomic mass is 35.5. The Hall–Kier alpha value is -3.76. The number of anilines is 1. The number of ether oxygens (including phenoxy) is 2. The van der Waals surface area contributed by atoms with Crippen LogP contribution in [-0.4, -0.2) is 18.2 Å². The maximum Gasteiger partial charge on any atom is 0.417 e. The Morgan fingerprint density at radius 1 is 1.19 bits per heavy atom. The van der Waals surface area contributed by atoms with Gasteiger partial charge in [-0.3, -0.25) is 5.32 Å². The summed E-state index contributed by atoms with van der Waals surface area (Å²) in [5, 5.41) is 25.5. The molecule has 1 N–H and O–H groups in total. The summed E-state index contributed by atoms with van der Waals surface area (Å²) in [6.45, 7) is 0. The molecule has 4 rings (SSSR count). The van der Waals surface area contributed by atoms with Crippen LogP contribution in [0.4, 0.5) is 10.5 Å². The topological polar surface area (TPSA) is 127 Å². The molecule has 0 aliphatic rings. The molecule has 0 unspecified atom stereocenters. The molecule has 158 valence electrons. The fraction of sp³-hybridized carbons (Fsp3) is 0.0526. The molecule has 0 bridgehead atoms. The van der Waals surface area contributed by atoms with Gasteiger partial charge >= 0.3 is 6.09 Å². The molecule has 0 aliphatic carbocycles. The standard InChI is InChI=1S/C19H12Cl2N4O6/c1-29-18-17-11(5-14(30-17)10-3-2-4-24(27)7-10)15(6-22-18)31-19(26)23-16-12(20)8-25(28)9-13(16)21/h2-9H,1H3,(H,23,26). The molecule has 0 saturated carbocycles. The number of rotatable bonds is 4. The van der Waals surface area contributed by atoms with Crippen LogP contribution in [0.15, 0.2) is 53.6 Å². The van der Waals surface area contributed by atoms with E-state index < -0.39 is 6.09 Å². The number of amides is 1. The Morgan fingerprint density at radius 2 is 1.94 bits per heavy atom. The fourth-order valence-electron chi connectivity index (χ4n) is 2.80. The second-order valence-electron chi connectivity index (χ2n) is 6.14. The number of methoxy groups -OCH3 is 1. The summed E-state index contributed by atoms with van der Waals surface area (Å²) >= 11 is 11.9. The maximum absolute atomic E-state index is 12.4. The predicted octanol–water partition coefficient (Wildman–Crippen LogP) is 3.69. The lowest BCUT2D eigenvalue weighted by atomic mass is 10.2. The van der Waals surface area contributed by atoms with Gasteiger partial charge < -0.3 is 24.3 Å². The van der Waals surface area contributed by atoms with Crippen molar-refractivity contribution in [2.45, 2.75) is 0 Å². The molecule has 31 heavy (non-hydrogen) atoms. The van der Waals surface area contributed by atoms with Crippen LogP contribution >= 0.6 is 23.2 Å². The SMILES string of the molecule is COc1ncc(OC(=O)Nc2c(Cl)c[n+]([O-])cc2Cl)c2cc(-c3ccc[n+]([O-])c3)oc12. The highest BCUT2D eigenvalue weighted by molar-refractivity contribution is 6.39. The van der Waals surface area contributed by atoms with Crippen LogP contribution in [0.25, 0.3) is 22.3 Å². The Labute approximate surface area is 184 Å². The molecule has 12 heteroatoms. The van der Waals surface area contributed by atoms with Crippen molar-refractivity contribution in [3.63, 3.8) is 0 Å². The molecule has 10 nitrogen and oxygen atoms in total. The van der Waals surface area contributed by atoms with Crippen molar-refractivity contribution in [3.8, 4) is 23.0 Å². The number of carbonyl (C=O) groups excluding carboxylic acids is 1. The number of nitrogens with zero attached hydrogens (tertiary/aromatic N) is 3. The smallest absolute Gasteiger partial charge is 0.417 e. The van der Waals surface area contributed by atoms with Gasteiger partial charge in [-0.15, -0.1) is 0 Å². The van der Waals surface area contributed by atoms with Crippen LogP contribution in [0.5, 0.6) is 11.6 Å². The quantitative estimate of drug-likeness (QED) is 0.361. The number of pyridine rings is 3. The summed E-state index contributed by atoms with van der Waals surface area (Å²) in [4.78, 5) is 16.5. The molecule has 0 aromatic carbocycles. The van der Waals surface area contributed by atoms with Crippen LogP contribution < -0.4 is 24.3 Å². The fourth-order valence-corrected chi connectivity index (χ4v) is 3.34. The van der Waals surface area contributed by atoms with Gasteiger partial charge in [0.15, 0.2) is 18.1 Å². The van der Waals surface area contributed by atoms with E-state index in [4.69, 9.17) is 37.1 Å². The number of fused-ring (bicyclic) bond motifs is 1. The third-order valence-corrected chi connectivity index (χ3v) is 4.71. The number of hydrogen-bond acceptors (Lipinski definition) is 7. The molecular formula is C19H12Cl2N4O6. The first-order valence-electron chi connectivity index (χ1n) is 8.58. The van der Waals surface area contributed by atoms with Gasteiger partial charge in [0.05, 0.1) is 29.9 Å². The van der Waals surface area contributed by atoms with Crippen molar-refractivity contribution in [2.24, 2.45) is 0 Å². The van der Waals surface area contributed by atoms with E-state index in [1.54, 1.807) is 18.2 Å². The van der Waals surface area contributed by atoms with E-state index in [-0.39, 0.29) is 32.9 Å². The number of furan rings is 1. The maximum atomic E-state index is 12.4. The lowest BCUT2D eigenvalue weighted by Gasteiger charge is -2.10. The lowest BCUT2D eigenvalue weighted by molar-refractivity contribution is -0.605. The molecule has 4 heterocycles. The van der Waals surface area contributed by atoms with Crippen molar-refractivity contribution in [3.05, 3.63) is 69.6 Å². The molecule has 0 spiro atoms. The van der Waals surface area contributed by atoms with E-state index in [1.165, 1.54) is 25.7 Å². The van der Waals surface area contributed by atoms with Crippen LogP contribution in [0, 0.1) is 10.4 Å². The van der Waals surface area contributed by atoms with E-state index in [0.29, 0.717) is 26.2 Å². The van der Waals surface area contributed by atoms with Crippen LogP contribution in [0.3, 0.4) is 0 Å². The molecule has 4 aromatic heterocycles. The molecule has 0 atom stereocenters. The Kier molecular flexibility index (Phi) is 5.40. The first-order chi connectivity index (χ1) is 14.9. The van der Waals surface area contributed by atoms with Crippen molar-refractivity contribution in [1.29, 1.82) is 0 Å². The summed E-state index contributed by atoms with van der Waals surface area (Å²) < 4.78 is 17.4. The van der Waals surface area contributed by atoms with Gasteiger partial charge in [-0.2, -0.15) is 9.46 Å². The summed E-state index contributed by atoms with van der Waals surface area (Å²) in [5.41, 5.74) is 0.725. The molecule has 4 aromatic rings. The van der Waals surface area contributed by atoms with Gasteiger partial charge in [-0.1, -0.05) is 23.2 Å². The predicted molar refractivity (Wildman–Crippen MR) is 110 cm³/mol. The second-order valence-corrected chi connectivity index (χ2v) is 6.96. The summed E-state index contributed by atoms with van der Waals surface area (Å²) in [7, 11) is 1.41. The van der Waals surface area contributed by atoms with E-state index >= 15 is 0 Å². The summed E-state index contributed by atoms with van der Waals surface area (Å²) in [6, 6.07) is 4.83. The number of aromatic nitrogens is 3. The molecule has 0 saturated heterocycles. The molecular weight excluding hydrogens is 451 g/mol. The van der Waals surface area contributed by atoms with Gasteiger partial charge in [0.25, 0.3) is 5.88 Å². The molecule has 0 radical (unpaired) electrons. The van der Waals surface area contributed by atoms with Crippen molar-refractivity contribution >= 4 is 46.0 Å². The van der Waals surface area contributed by atoms with Gasteiger partial charge in [0, 0.05) is 6.07 Å². The Balaban J connectivity index is 1.68. The lowest BCUT2D eigenvalue weighted by Crippen LogP contribution is -2.26. The van der Waals surface area contributed by atoms with Crippen LogP contribution in [0.2, 0.25) is 10.0 Å². The molecule has 1 amide bonds. The monoisotopic (exact) mass is 462 g/mol. The van der Waals surface area contributed by atoms with Crippen LogP contribution in [-0.2, 0) is 0 Å². The average Bonchev–Trinajstić information content (AvgIpc) is 3.17. The van der Waals surface area contributed by atoms with Gasteiger partial charge in [-0.05, 0) is 12.1 Å². The normalized spacial score (nSPS) is 10.8. The third-order valence-electron chi connectivity index (χ3n) is 4.13. The minimum atomic E-state index is -0.930. The minimum Gasteiger partial charge on any atom is -0.619 e. The Bertz CT molecular complexity index is 1290. The zero-order valence-corrected chi connectivity index (χ0v) is 17.2. The Morgan fingerprint density at radius 3 is 2.61 bits per heavy atom. The number of carbonyl (C=O) groups is 1. The highest BCUT2D eigenvalue weighted by Crippen LogP contribution is 2.37. The minimum absolute atomic E-state index is 0.00955. The van der Waals surface area contributed by atoms with Gasteiger partial charge in [0.2, 0.25) is 18.0 Å². The summed E-state index contributed by atoms with van der Waals surface area (Å²) in [6.07, 6.45) is 5.06. The third kappa shape index (κ3) is 4.11. The van der Waals surface area contributed by atoms with Gasteiger partial charge in [0.1, 0.15) is 15.8 Å². The van der Waals surface area contributed by atoms with E-state index in [1.807, 2.05) is 0 Å². The van der Waals surface area contributed by atoms with Gasteiger partial charge in [-0.25, -0.2) is 9.78 Å². The summed E-state index contributed by atoms with van der Waals surface area (Å²) in [5.74, 6) is 0.552. The zero-order chi connectivity index (χ0) is 22.1. The first kappa shape index (κ1) is 20.5. The van der Waals surface area contributed by atoms with E-state index in [2.05, 4.69) is 10.3 Å². The number of nitrogens with one attached hydrogen (secondary N) is 1. The van der Waals surface area contributed by atoms with Crippen molar-refractivity contribution < 1.29 is 28.1 Å². The highest BCUT2D eigenvalue weighted by Gasteiger charge is 2.21. The zero-order valence-electron chi connectivity index (χ0n) is 15.7. The second kappa shape index (κ2) is 8.17. The first-order valence-corrected chi connectivity index (χ1v) is 9.33. The number of hydrogen-bond donors (Lipinski definition) is 1. The number of halogens is 2. The molecule has 0 fully saturated rings. The van der Waals surface area contributed by atoms with E-state index in [9.17, 15) is 15.2 Å². The average molecular weight is 463 g/mol. The molecule has 0 aliphatic heterocycles. The largest absolute Gasteiger partial charge is 0.619 e. The van der Waals surface area contributed by atoms with Crippen molar-refractivity contribution in [2.75, 3.05) is 12.4 Å². The van der Waals surface area contributed by atoms with Crippen LogP contribution in [0.1, 0.15) is 0 Å².